The summed E-state index contributed by atoms with van der Waals surface area (Å²) in [7, 11) is 1.82. The van der Waals surface area contributed by atoms with Crippen LogP contribution < -0.4 is 10.6 Å². The molecule has 0 amide bonds. The molecule has 0 bridgehead atoms. The van der Waals surface area contributed by atoms with E-state index in [9.17, 15) is 0 Å². The molecule has 2 N–H and O–H groups in total. The standard InChI is InChI=1S/C17H28N4O2S/c1-17(12-23-13-17)11-20-16(18-2)19-10-14(15-4-3-9-24-15)21-5-7-22-8-6-21/h3-4,9,14H,5-8,10-13H2,1-2H3,(H2,18,19,20). The topological polar surface area (TPSA) is 58.1 Å². The Balaban J connectivity index is 1.55. The van der Waals surface area contributed by atoms with E-state index < -0.39 is 0 Å². The predicted molar refractivity (Wildman–Crippen MR) is 97.7 cm³/mol. The van der Waals surface area contributed by atoms with Crippen molar-refractivity contribution >= 4 is 17.3 Å². The molecule has 0 radical (unpaired) electrons. The number of rotatable bonds is 6. The fourth-order valence-electron chi connectivity index (χ4n) is 3.04. The van der Waals surface area contributed by atoms with Gasteiger partial charge in [-0.25, -0.2) is 0 Å². The van der Waals surface area contributed by atoms with Gasteiger partial charge in [0.1, 0.15) is 0 Å². The zero-order chi connectivity index (χ0) is 16.8. The van der Waals surface area contributed by atoms with Crippen molar-refractivity contribution in [1.82, 2.24) is 15.5 Å². The Hall–Kier alpha value is -1.15. The van der Waals surface area contributed by atoms with Gasteiger partial charge in [0.05, 0.1) is 32.5 Å². The van der Waals surface area contributed by atoms with Gasteiger partial charge in [-0.15, -0.1) is 11.3 Å². The van der Waals surface area contributed by atoms with Crippen LogP contribution in [-0.4, -0.2) is 70.5 Å². The van der Waals surface area contributed by atoms with Crippen LogP contribution in [0.4, 0.5) is 0 Å². The number of nitrogens with one attached hydrogen (secondary N) is 2. The number of ether oxygens (including phenoxy) is 2. The van der Waals surface area contributed by atoms with E-state index in [2.05, 4.69) is 45.0 Å². The van der Waals surface area contributed by atoms with Gasteiger partial charge in [0.15, 0.2) is 5.96 Å². The van der Waals surface area contributed by atoms with E-state index in [1.165, 1.54) is 4.88 Å². The van der Waals surface area contributed by atoms with E-state index in [-0.39, 0.29) is 5.41 Å². The summed E-state index contributed by atoms with van der Waals surface area (Å²) in [5.74, 6) is 0.859. The van der Waals surface area contributed by atoms with Gasteiger partial charge in [-0.1, -0.05) is 13.0 Å². The Morgan fingerprint density at radius 2 is 2.12 bits per heavy atom. The monoisotopic (exact) mass is 352 g/mol. The molecule has 3 rings (SSSR count). The van der Waals surface area contributed by atoms with Crippen LogP contribution in [0.3, 0.4) is 0 Å². The number of thiophene rings is 1. The highest BCUT2D eigenvalue weighted by molar-refractivity contribution is 7.10. The normalized spacial score (nSPS) is 22.7. The number of nitrogens with zero attached hydrogens (tertiary/aromatic N) is 2. The first-order valence-corrected chi connectivity index (χ1v) is 9.46. The van der Waals surface area contributed by atoms with Gasteiger partial charge in [0.25, 0.3) is 0 Å². The number of hydrogen-bond acceptors (Lipinski definition) is 5. The van der Waals surface area contributed by atoms with Crippen molar-refractivity contribution in [3.8, 4) is 0 Å². The quantitative estimate of drug-likeness (QED) is 0.597. The predicted octanol–water partition coefficient (Wildman–Crippen LogP) is 1.32. The average molecular weight is 353 g/mol. The molecule has 2 saturated heterocycles. The molecule has 1 aromatic rings. The second kappa shape index (κ2) is 8.29. The number of morpholine rings is 1. The summed E-state index contributed by atoms with van der Waals surface area (Å²) < 4.78 is 10.8. The third-order valence-electron chi connectivity index (χ3n) is 4.63. The molecule has 0 saturated carbocycles. The van der Waals surface area contributed by atoms with Crippen LogP contribution in [-0.2, 0) is 9.47 Å². The Labute approximate surface area is 148 Å². The van der Waals surface area contributed by atoms with Crippen molar-refractivity contribution in [2.45, 2.75) is 13.0 Å². The van der Waals surface area contributed by atoms with Crippen molar-refractivity contribution in [2.24, 2.45) is 10.4 Å². The lowest BCUT2D eigenvalue weighted by Gasteiger charge is -2.38. The van der Waals surface area contributed by atoms with Gasteiger partial charge in [-0.3, -0.25) is 9.89 Å². The van der Waals surface area contributed by atoms with Crippen molar-refractivity contribution in [1.29, 1.82) is 0 Å². The molecule has 0 aromatic carbocycles. The number of hydrogen-bond donors (Lipinski definition) is 2. The summed E-state index contributed by atoms with van der Waals surface area (Å²) >= 11 is 1.82. The lowest BCUT2D eigenvalue weighted by molar-refractivity contribution is -0.0971. The van der Waals surface area contributed by atoms with Gasteiger partial charge in [0, 0.05) is 43.5 Å². The molecule has 6 nitrogen and oxygen atoms in total. The zero-order valence-corrected chi connectivity index (χ0v) is 15.4. The SMILES string of the molecule is CN=C(NCC(c1cccs1)N1CCOCC1)NCC1(C)COC1. The summed E-state index contributed by atoms with van der Waals surface area (Å²) in [6.07, 6.45) is 0. The molecule has 1 aromatic heterocycles. The molecule has 3 heterocycles. The minimum absolute atomic E-state index is 0.231. The first kappa shape index (κ1) is 17.7. The zero-order valence-electron chi connectivity index (χ0n) is 14.6. The van der Waals surface area contributed by atoms with Gasteiger partial charge in [-0.05, 0) is 11.4 Å². The van der Waals surface area contributed by atoms with Crippen LogP contribution in [0.25, 0.3) is 0 Å². The van der Waals surface area contributed by atoms with Crippen LogP contribution in [0.5, 0.6) is 0 Å². The average Bonchev–Trinajstić information content (AvgIpc) is 3.11. The van der Waals surface area contributed by atoms with Crippen LogP contribution >= 0.6 is 11.3 Å². The molecule has 134 valence electrons. The number of guanidine groups is 1. The first-order valence-electron chi connectivity index (χ1n) is 8.58. The molecule has 0 spiro atoms. The van der Waals surface area contributed by atoms with Gasteiger partial charge < -0.3 is 20.1 Å². The van der Waals surface area contributed by atoms with Crippen molar-refractivity contribution < 1.29 is 9.47 Å². The maximum Gasteiger partial charge on any atom is 0.191 e. The minimum Gasteiger partial charge on any atom is -0.380 e. The Kier molecular flexibility index (Phi) is 6.10. The maximum absolute atomic E-state index is 5.50. The molecule has 0 aliphatic carbocycles. The van der Waals surface area contributed by atoms with E-state index in [1.807, 2.05) is 18.4 Å². The largest absolute Gasteiger partial charge is 0.380 e. The van der Waals surface area contributed by atoms with E-state index in [0.29, 0.717) is 6.04 Å². The first-order chi connectivity index (χ1) is 11.7. The Morgan fingerprint density at radius 3 is 2.71 bits per heavy atom. The highest BCUT2D eigenvalue weighted by Crippen LogP contribution is 2.26. The van der Waals surface area contributed by atoms with Gasteiger partial charge >= 0.3 is 0 Å². The van der Waals surface area contributed by atoms with Crippen LogP contribution in [0.2, 0.25) is 0 Å². The second-order valence-corrected chi connectivity index (χ2v) is 7.77. The molecule has 1 atom stereocenters. The number of aliphatic imine (C=N–C) groups is 1. The van der Waals surface area contributed by atoms with E-state index in [0.717, 1.165) is 58.6 Å². The summed E-state index contributed by atoms with van der Waals surface area (Å²) in [5, 5.41) is 9.08. The van der Waals surface area contributed by atoms with Crippen LogP contribution in [0.1, 0.15) is 17.8 Å². The molecule has 24 heavy (non-hydrogen) atoms. The third kappa shape index (κ3) is 4.47. The Bertz CT molecular complexity index is 525. The highest BCUT2D eigenvalue weighted by atomic mass is 32.1. The fourth-order valence-corrected chi connectivity index (χ4v) is 3.90. The molecular formula is C17H28N4O2S. The molecule has 2 aliphatic rings. The lowest BCUT2D eigenvalue weighted by atomic mass is 9.89. The molecule has 2 fully saturated rings. The minimum atomic E-state index is 0.231. The highest BCUT2D eigenvalue weighted by Gasteiger charge is 2.33. The molecule has 2 aliphatic heterocycles. The van der Waals surface area contributed by atoms with Crippen LogP contribution in [0.15, 0.2) is 22.5 Å². The molecular weight excluding hydrogens is 324 g/mol. The lowest BCUT2D eigenvalue weighted by Crippen LogP contribution is -2.52. The maximum atomic E-state index is 5.50. The molecule has 1 unspecified atom stereocenters. The van der Waals surface area contributed by atoms with Crippen LogP contribution in [0, 0.1) is 5.41 Å². The Morgan fingerprint density at radius 1 is 1.33 bits per heavy atom. The van der Waals surface area contributed by atoms with Crippen molar-refractivity contribution in [3.63, 3.8) is 0 Å². The summed E-state index contributed by atoms with van der Waals surface area (Å²) in [4.78, 5) is 8.25. The second-order valence-electron chi connectivity index (χ2n) is 6.79. The van der Waals surface area contributed by atoms with Crippen molar-refractivity contribution in [2.75, 3.05) is 59.7 Å². The van der Waals surface area contributed by atoms with E-state index >= 15 is 0 Å². The smallest absolute Gasteiger partial charge is 0.191 e. The summed E-state index contributed by atoms with van der Waals surface area (Å²) in [6, 6.07) is 4.70. The van der Waals surface area contributed by atoms with E-state index in [1.54, 1.807) is 0 Å². The third-order valence-corrected chi connectivity index (χ3v) is 5.60. The summed E-state index contributed by atoms with van der Waals surface area (Å²) in [6.45, 7) is 9.18. The van der Waals surface area contributed by atoms with Gasteiger partial charge in [-0.2, -0.15) is 0 Å². The van der Waals surface area contributed by atoms with Gasteiger partial charge in [0.2, 0.25) is 0 Å². The summed E-state index contributed by atoms with van der Waals surface area (Å²) in [5.41, 5.74) is 0.231. The molecule has 7 heteroatoms. The van der Waals surface area contributed by atoms with Crippen molar-refractivity contribution in [3.05, 3.63) is 22.4 Å². The van der Waals surface area contributed by atoms with E-state index in [4.69, 9.17) is 9.47 Å². The fraction of sp³-hybridized carbons (Fsp3) is 0.706.